The number of amides is 4. The Morgan fingerprint density at radius 3 is 2.69 bits per heavy atom. The molecular formula is C22H30N4O6. The van der Waals surface area contributed by atoms with Gasteiger partial charge in [0, 0.05) is 13.6 Å². The lowest BCUT2D eigenvalue weighted by molar-refractivity contribution is -0.138. The summed E-state index contributed by atoms with van der Waals surface area (Å²) >= 11 is 0. The lowest BCUT2D eigenvalue weighted by atomic mass is 10.1. The summed E-state index contributed by atoms with van der Waals surface area (Å²) in [6.07, 6.45) is 1.06. The van der Waals surface area contributed by atoms with E-state index in [0.29, 0.717) is 18.7 Å². The molecule has 32 heavy (non-hydrogen) atoms. The van der Waals surface area contributed by atoms with E-state index in [1.807, 2.05) is 0 Å². The Balaban J connectivity index is 1.90. The summed E-state index contributed by atoms with van der Waals surface area (Å²) < 4.78 is 5.74. The van der Waals surface area contributed by atoms with E-state index < -0.39 is 29.8 Å². The number of nitrogens with one attached hydrogen (secondary N) is 2. The van der Waals surface area contributed by atoms with E-state index in [4.69, 9.17) is 4.74 Å². The Bertz CT molecular complexity index is 876. The van der Waals surface area contributed by atoms with Crippen molar-refractivity contribution in [2.75, 3.05) is 33.4 Å². The predicted molar refractivity (Wildman–Crippen MR) is 115 cm³/mol. The Morgan fingerprint density at radius 2 is 1.94 bits per heavy atom. The zero-order valence-electron chi connectivity index (χ0n) is 18.4. The maximum atomic E-state index is 13.2. The van der Waals surface area contributed by atoms with E-state index in [1.54, 1.807) is 38.2 Å². The number of aliphatic hydroxyl groups is 1. The first kappa shape index (κ1) is 23.5. The summed E-state index contributed by atoms with van der Waals surface area (Å²) in [6, 6.07) is 4.31. The van der Waals surface area contributed by atoms with Crippen LogP contribution in [0.2, 0.25) is 0 Å². The van der Waals surface area contributed by atoms with Gasteiger partial charge in [0.1, 0.15) is 24.4 Å². The second kappa shape index (κ2) is 10.4. The average Bonchev–Trinajstić information content (AvgIpc) is 3.26. The maximum Gasteiger partial charge on any atom is 0.255 e. The number of aliphatic hydroxyl groups excluding tert-OH is 1. The summed E-state index contributed by atoms with van der Waals surface area (Å²) in [6.45, 7) is 2.25. The molecule has 1 saturated heterocycles. The van der Waals surface area contributed by atoms with Crippen LogP contribution in [0, 0.1) is 0 Å². The van der Waals surface area contributed by atoms with Gasteiger partial charge in [-0.25, -0.2) is 0 Å². The molecule has 0 radical (unpaired) electrons. The lowest BCUT2D eigenvalue weighted by Gasteiger charge is -2.29. The normalized spacial score (nSPS) is 25.3. The number of ether oxygens (including phenoxy) is 1. The van der Waals surface area contributed by atoms with Crippen molar-refractivity contribution in [1.82, 2.24) is 20.4 Å². The van der Waals surface area contributed by atoms with Crippen LogP contribution in [0.25, 0.3) is 0 Å². The Kier molecular flexibility index (Phi) is 7.68. The average molecular weight is 447 g/mol. The van der Waals surface area contributed by atoms with Crippen molar-refractivity contribution in [3.8, 4) is 5.75 Å². The van der Waals surface area contributed by atoms with Gasteiger partial charge in [0.05, 0.1) is 31.2 Å². The van der Waals surface area contributed by atoms with Gasteiger partial charge >= 0.3 is 0 Å². The molecule has 0 aromatic heterocycles. The van der Waals surface area contributed by atoms with Gasteiger partial charge < -0.3 is 30.3 Å². The van der Waals surface area contributed by atoms with Crippen molar-refractivity contribution in [1.29, 1.82) is 0 Å². The molecule has 1 aromatic rings. The zero-order chi connectivity index (χ0) is 23.3. The molecule has 0 aliphatic carbocycles. The fraction of sp³-hybridized carbons (Fsp3) is 0.545. The van der Waals surface area contributed by atoms with Gasteiger partial charge in [0.25, 0.3) is 5.91 Å². The van der Waals surface area contributed by atoms with E-state index in [1.165, 1.54) is 9.80 Å². The third kappa shape index (κ3) is 5.37. The van der Waals surface area contributed by atoms with Crippen LogP contribution in [0.5, 0.6) is 5.75 Å². The molecule has 0 unspecified atom stereocenters. The summed E-state index contributed by atoms with van der Waals surface area (Å²) in [5, 5.41) is 14.9. The summed E-state index contributed by atoms with van der Waals surface area (Å²) in [5.74, 6) is -1.48. The van der Waals surface area contributed by atoms with Crippen LogP contribution in [0.1, 0.15) is 36.5 Å². The standard InChI is InChI=1S/C22H30N4O6/c1-14-21(30)25(2)10-11-32-18-8-4-3-7-16(18)20(29)24-17(12-19(28)23-14)22(31)26-9-5-6-15(26)13-27/h3-4,7-8,14-15,17,27H,5-6,9-13H2,1-2H3,(H,23,28)(H,24,29)/t14-,15+,17-/m0/s1. The number of rotatable bonds is 2. The topological polar surface area (TPSA) is 128 Å². The highest BCUT2D eigenvalue weighted by molar-refractivity contribution is 6.01. The number of carbonyl (C=O) groups is 4. The molecule has 0 spiro atoms. The van der Waals surface area contributed by atoms with Gasteiger partial charge in [-0.15, -0.1) is 0 Å². The Hall–Kier alpha value is -3.14. The second-order valence-corrected chi connectivity index (χ2v) is 8.13. The molecule has 2 aliphatic heterocycles. The van der Waals surface area contributed by atoms with Crippen molar-refractivity contribution < 1.29 is 29.0 Å². The molecule has 1 aromatic carbocycles. The number of benzene rings is 1. The smallest absolute Gasteiger partial charge is 0.255 e. The summed E-state index contributed by atoms with van der Waals surface area (Å²) in [4.78, 5) is 54.4. The van der Waals surface area contributed by atoms with Crippen LogP contribution >= 0.6 is 0 Å². The fourth-order valence-electron chi connectivity index (χ4n) is 4.01. The molecule has 2 aliphatic rings. The highest BCUT2D eigenvalue weighted by Gasteiger charge is 2.35. The minimum absolute atomic E-state index is 0.154. The minimum Gasteiger partial charge on any atom is -0.491 e. The van der Waals surface area contributed by atoms with E-state index in [2.05, 4.69) is 10.6 Å². The van der Waals surface area contributed by atoms with Crippen LogP contribution in [0.3, 0.4) is 0 Å². The molecule has 10 heteroatoms. The van der Waals surface area contributed by atoms with Gasteiger partial charge in [-0.2, -0.15) is 0 Å². The van der Waals surface area contributed by atoms with Crippen molar-refractivity contribution in [3.05, 3.63) is 29.8 Å². The van der Waals surface area contributed by atoms with E-state index in [0.717, 1.165) is 6.42 Å². The highest BCUT2D eigenvalue weighted by Crippen LogP contribution is 2.21. The Labute approximate surface area is 186 Å². The number of nitrogens with zero attached hydrogens (tertiary/aromatic N) is 2. The van der Waals surface area contributed by atoms with Crippen LogP contribution in [-0.4, -0.2) is 90.0 Å². The van der Waals surface area contributed by atoms with Crippen LogP contribution in [0.15, 0.2) is 24.3 Å². The monoisotopic (exact) mass is 446 g/mol. The molecule has 0 saturated carbocycles. The number of carbonyl (C=O) groups excluding carboxylic acids is 4. The molecule has 3 rings (SSSR count). The van der Waals surface area contributed by atoms with E-state index in [9.17, 15) is 24.3 Å². The van der Waals surface area contributed by atoms with E-state index in [-0.39, 0.29) is 43.7 Å². The number of likely N-dealkylation sites (tertiary alicyclic amines) is 1. The van der Waals surface area contributed by atoms with Gasteiger partial charge in [0.15, 0.2) is 0 Å². The highest BCUT2D eigenvalue weighted by atomic mass is 16.5. The van der Waals surface area contributed by atoms with Crippen molar-refractivity contribution in [2.45, 2.75) is 44.3 Å². The molecule has 3 N–H and O–H groups in total. The number of hydrogen-bond acceptors (Lipinski definition) is 6. The molecule has 1 fully saturated rings. The van der Waals surface area contributed by atoms with Gasteiger partial charge in [-0.05, 0) is 31.9 Å². The number of likely N-dealkylation sites (N-methyl/N-ethyl adjacent to an activating group) is 1. The second-order valence-electron chi connectivity index (χ2n) is 8.13. The van der Waals surface area contributed by atoms with Crippen LogP contribution < -0.4 is 15.4 Å². The molecule has 10 nitrogen and oxygen atoms in total. The van der Waals surface area contributed by atoms with Crippen LogP contribution in [0.4, 0.5) is 0 Å². The van der Waals surface area contributed by atoms with Crippen molar-refractivity contribution in [2.24, 2.45) is 0 Å². The van der Waals surface area contributed by atoms with Crippen LogP contribution in [-0.2, 0) is 14.4 Å². The molecule has 3 atom stereocenters. The third-order valence-corrected chi connectivity index (χ3v) is 5.80. The molecule has 2 heterocycles. The summed E-state index contributed by atoms with van der Waals surface area (Å²) in [7, 11) is 1.60. The predicted octanol–water partition coefficient (Wildman–Crippen LogP) is -0.486. The SMILES string of the molecule is C[C@@H]1NC(=O)C[C@@H](C(=O)N2CCC[C@@H]2CO)NC(=O)c2ccccc2OCCN(C)C1=O. The molecular weight excluding hydrogens is 416 g/mol. The Morgan fingerprint density at radius 1 is 1.19 bits per heavy atom. The largest absolute Gasteiger partial charge is 0.491 e. The number of para-hydroxylation sites is 1. The first-order chi connectivity index (χ1) is 15.3. The number of fused-ring (bicyclic) bond motifs is 1. The third-order valence-electron chi connectivity index (χ3n) is 5.80. The first-order valence-electron chi connectivity index (χ1n) is 10.8. The van der Waals surface area contributed by atoms with Gasteiger partial charge in [-0.3, -0.25) is 19.2 Å². The van der Waals surface area contributed by atoms with Gasteiger partial charge in [0.2, 0.25) is 17.7 Å². The molecule has 0 bridgehead atoms. The minimum atomic E-state index is -1.15. The van der Waals surface area contributed by atoms with E-state index >= 15 is 0 Å². The quantitative estimate of drug-likeness (QED) is 0.563. The zero-order valence-corrected chi connectivity index (χ0v) is 18.4. The lowest BCUT2D eigenvalue weighted by Crippen LogP contribution is -2.54. The first-order valence-corrected chi connectivity index (χ1v) is 10.8. The van der Waals surface area contributed by atoms with Crippen molar-refractivity contribution in [3.63, 3.8) is 0 Å². The van der Waals surface area contributed by atoms with Gasteiger partial charge in [-0.1, -0.05) is 12.1 Å². The summed E-state index contributed by atoms with van der Waals surface area (Å²) in [5.41, 5.74) is 0.227. The molecule has 4 amide bonds. The number of hydrogen-bond donors (Lipinski definition) is 3. The molecule has 174 valence electrons. The maximum absolute atomic E-state index is 13.2. The van der Waals surface area contributed by atoms with Crippen molar-refractivity contribution >= 4 is 23.6 Å². The fourth-order valence-corrected chi connectivity index (χ4v) is 4.01.